The van der Waals surface area contributed by atoms with Gasteiger partial charge in [-0.05, 0) is 32.6 Å². The van der Waals surface area contributed by atoms with Crippen LogP contribution in [0.25, 0.3) is 0 Å². The highest BCUT2D eigenvalue weighted by atomic mass is 127. The van der Waals surface area contributed by atoms with Crippen LogP contribution < -0.4 is 0 Å². The van der Waals surface area contributed by atoms with Gasteiger partial charge in [0.1, 0.15) is 5.60 Å². The Labute approximate surface area is 93.6 Å². The summed E-state index contributed by atoms with van der Waals surface area (Å²) in [6.45, 7) is 4.05. The SMILES string of the molecule is CC(C)(OC(=O)I)C1CCCCC1. The van der Waals surface area contributed by atoms with Gasteiger partial charge in [0.25, 0.3) is 0 Å². The lowest BCUT2D eigenvalue weighted by Crippen LogP contribution is -2.36. The van der Waals surface area contributed by atoms with Crippen LogP contribution in [0.5, 0.6) is 0 Å². The maximum absolute atomic E-state index is 10.9. The fraction of sp³-hybridized carbons (Fsp3) is 0.900. The lowest BCUT2D eigenvalue weighted by atomic mass is 9.79. The predicted octanol–water partition coefficient (Wildman–Crippen LogP) is 3.92. The van der Waals surface area contributed by atoms with E-state index < -0.39 is 0 Å². The van der Waals surface area contributed by atoms with Gasteiger partial charge in [0.15, 0.2) is 0 Å². The Balaban J connectivity index is 2.50. The summed E-state index contributed by atoms with van der Waals surface area (Å²) < 4.78 is 5.14. The van der Waals surface area contributed by atoms with Crippen molar-refractivity contribution in [2.45, 2.75) is 51.6 Å². The van der Waals surface area contributed by atoms with Crippen LogP contribution in [0.2, 0.25) is 0 Å². The topological polar surface area (TPSA) is 26.3 Å². The zero-order chi connectivity index (χ0) is 9.90. The maximum atomic E-state index is 10.9. The second-order valence-corrected chi connectivity index (χ2v) is 5.16. The number of hydrogen-bond acceptors (Lipinski definition) is 2. The molecule has 0 spiro atoms. The Kier molecular flexibility index (Phi) is 4.01. The largest absolute Gasteiger partial charge is 0.452 e. The van der Waals surface area contributed by atoms with Crippen molar-refractivity contribution in [1.29, 1.82) is 0 Å². The standard InChI is InChI=1S/C10H17IO2/c1-10(2,13-9(11)12)8-6-4-3-5-7-8/h8H,3-7H2,1-2H3. The van der Waals surface area contributed by atoms with Crippen LogP contribution in [-0.4, -0.2) is 9.58 Å². The number of ether oxygens (including phenoxy) is 1. The molecular formula is C10H17IO2. The molecule has 0 saturated heterocycles. The van der Waals surface area contributed by atoms with E-state index in [1.807, 2.05) is 13.8 Å². The van der Waals surface area contributed by atoms with Gasteiger partial charge in [-0.2, -0.15) is 0 Å². The molecule has 1 rings (SSSR count). The normalized spacial score (nSPS) is 19.9. The van der Waals surface area contributed by atoms with Crippen LogP contribution in [0.4, 0.5) is 4.79 Å². The van der Waals surface area contributed by atoms with Crippen LogP contribution in [0, 0.1) is 5.92 Å². The molecule has 0 aromatic rings. The molecule has 1 aliphatic carbocycles. The second-order valence-electron chi connectivity index (χ2n) is 4.28. The third-order valence-electron chi connectivity index (χ3n) is 2.93. The Morgan fingerprint density at radius 3 is 2.31 bits per heavy atom. The highest BCUT2D eigenvalue weighted by Crippen LogP contribution is 2.35. The summed E-state index contributed by atoms with van der Waals surface area (Å²) in [6.07, 6.45) is 6.32. The molecule has 76 valence electrons. The molecule has 3 heteroatoms. The van der Waals surface area contributed by atoms with Crippen LogP contribution in [0.1, 0.15) is 46.0 Å². The molecular weight excluding hydrogens is 279 g/mol. The summed E-state index contributed by atoms with van der Waals surface area (Å²) in [5.41, 5.74) is -0.265. The molecule has 0 aromatic heterocycles. The molecule has 0 amide bonds. The highest BCUT2D eigenvalue weighted by molar-refractivity contribution is 14.1. The van der Waals surface area contributed by atoms with Crippen molar-refractivity contribution in [2.24, 2.45) is 5.92 Å². The van der Waals surface area contributed by atoms with Crippen molar-refractivity contribution in [3.8, 4) is 0 Å². The zero-order valence-electron chi connectivity index (χ0n) is 8.31. The van der Waals surface area contributed by atoms with E-state index in [9.17, 15) is 4.79 Å². The van der Waals surface area contributed by atoms with Gasteiger partial charge in [-0.25, -0.2) is 4.79 Å². The summed E-state index contributed by atoms with van der Waals surface area (Å²) in [5.74, 6) is 0.556. The quantitative estimate of drug-likeness (QED) is 0.570. The molecule has 0 bridgehead atoms. The molecule has 0 N–H and O–H groups in total. The lowest BCUT2D eigenvalue weighted by molar-refractivity contribution is -0.00340. The van der Waals surface area contributed by atoms with Gasteiger partial charge in [-0.1, -0.05) is 19.3 Å². The molecule has 1 saturated carbocycles. The first-order valence-electron chi connectivity index (χ1n) is 4.91. The van der Waals surface area contributed by atoms with Crippen LogP contribution in [0.15, 0.2) is 0 Å². The third-order valence-corrected chi connectivity index (χ3v) is 3.15. The van der Waals surface area contributed by atoms with E-state index in [-0.39, 0.29) is 9.58 Å². The van der Waals surface area contributed by atoms with E-state index in [4.69, 9.17) is 4.74 Å². The molecule has 0 heterocycles. The van der Waals surface area contributed by atoms with Crippen molar-refractivity contribution in [1.82, 2.24) is 0 Å². The molecule has 1 fully saturated rings. The molecule has 1 aliphatic rings. The molecule has 0 atom stereocenters. The molecule has 0 unspecified atom stereocenters. The lowest BCUT2D eigenvalue weighted by Gasteiger charge is -2.35. The number of carbonyl (C=O) groups is 1. The molecule has 0 aliphatic heterocycles. The first kappa shape index (κ1) is 11.3. The summed E-state index contributed by atoms with van der Waals surface area (Å²) >= 11 is 1.70. The minimum Gasteiger partial charge on any atom is -0.452 e. The van der Waals surface area contributed by atoms with Gasteiger partial charge in [-0.3, -0.25) is 0 Å². The van der Waals surface area contributed by atoms with Crippen molar-refractivity contribution in [3.05, 3.63) is 0 Å². The molecule has 2 nitrogen and oxygen atoms in total. The highest BCUT2D eigenvalue weighted by Gasteiger charge is 2.33. The van der Waals surface area contributed by atoms with Gasteiger partial charge in [0, 0.05) is 0 Å². The Morgan fingerprint density at radius 2 is 1.85 bits per heavy atom. The fourth-order valence-electron chi connectivity index (χ4n) is 2.09. The van der Waals surface area contributed by atoms with Crippen LogP contribution in [-0.2, 0) is 4.74 Å². The van der Waals surface area contributed by atoms with Gasteiger partial charge < -0.3 is 4.74 Å². The van der Waals surface area contributed by atoms with Crippen molar-refractivity contribution < 1.29 is 9.53 Å². The Hall–Kier alpha value is 0.200. The van der Waals surface area contributed by atoms with Gasteiger partial charge >= 0.3 is 3.98 Å². The van der Waals surface area contributed by atoms with Gasteiger partial charge in [0.05, 0.1) is 22.6 Å². The molecule has 13 heavy (non-hydrogen) atoms. The summed E-state index contributed by atoms with van der Waals surface area (Å²) in [6, 6.07) is 0. The van der Waals surface area contributed by atoms with E-state index in [1.165, 1.54) is 32.1 Å². The predicted molar refractivity (Wildman–Crippen MR) is 61.2 cm³/mol. The summed E-state index contributed by atoms with van der Waals surface area (Å²) in [5, 5.41) is 0. The van der Waals surface area contributed by atoms with Crippen molar-refractivity contribution in [3.63, 3.8) is 0 Å². The monoisotopic (exact) mass is 296 g/mol. The van der Waals surface area contributed by atoms with Crippen LogP contribution in [0.3, 0.4) is 0 Å². The fourth-order valence-corrected chi connectivity index (χ4v) is 2.66. The first-order valence-corrected chi connectivity index (χ1v) is 5.99. The number of halogens is 1. The van der Waals surface area contributed by atoms with Crippen molar-refractivity contribution >= 4 is 26.6 Å². The van der Waals surface area contributed by atoms with E-state index in [0.717, 1.165) is 0 Å². The van der Waals surface area contributed by atoms with E-state index in [0.29, 0.717) is 5.92 Å². The number of hydrogen-bond donors (Lipinski definition) is 0. The maximum Gasteiger partial charge on any atom is 0.367 e. The Morgan fingerprint density at radius 1 is 1.31 bits per heavy atom. The summed E-state index contributed by atoms with van der Waals surface area (Å²) in [4.78, 5) is 10.9. The summed E-state index contributed by atoms with van der Waals surface area (Å²) in [7, 11) is 0. The van der Waals surface area contributed by atoms with Crippen LogP contribution >= 0.6 is 22.6 Å². The minimum absolute atomic E-state index is 0.187. The molecule has 0 radical (unpaired) electrons. The van der Waals surface area contributed by atoms with E-state index in [1.54, 1.807) is 22.6 Å². The Bertz CT molecular complexity index is 183. The number of rotatable bonds is 2. The average molecular weight is 296 g/mol. The smallest absolute Gasteiger partial charge is 0.367 e. The second kappa shape index (κ2) is 4.62. The van der Waals surface area contributed by atoms with Gasteiger partial charge in [-0.15, -0.1) is 0 Å². The minimum atomic E-state index is -0.265. The number of carbonyl (C=O) groups excluding carboxylic acids is 1. The molecule has 0 aromatic carbocycles. The first-order chi connectivity index (χ1) is 6.02. The zero-order valence-corrected chi connectivity index (χ0v) is 10.5. The van der Waals surface area contributed by atoms with E-state index in [2.05, 4.69) is 0 Å². The average Bonchev–Trinajstić information content (AvgIpc) is 2.04. The third kappa shape index (κ3) is 3.44. The van der Waals surface area contributed by atoms with E-state index >= 15 is 0 Å². The van der Waals surface area contributed by atoms with Gasteiger partial charge in [0.2, 0.25) is 0 Å². The van der Waals surface area contributed by atoms with Crippen molar-refractivity contribution in [2.75, 3.05) is 0 Å².